The highest BCUT2D eigenvalue weighted by molar-refractivity contribution is 8.01. The van der Waals surface area contributed by atoms with Crippen molar-refractivity contribution >= 4 is 69.4 Å². The summed E-state index contributed by atoms with van der Waals surface area (Å²) in [6, 6.07) is 4.97. The summed E-state index contributed by atoms with van der Waals surface area (Å²) in [7, 11) is 0. The first-order chi connectivity index (χ1) is 12.0. The number of halogens is 2. The first-order valence-corrected chi connectivity index (χ1v) is 9.59. The summed E-state index contributed by atoms with van der Waals surface area (Å²) in [5.74, 6) is -0.562. The van der Waals surface area contributed by atoms with E-state index in [2.05, 4.69) is 15.5 Å². The number of nitrogens with one attached hydrogen (secondary N) is 1. The van der Waals surface area contributed by atoms with Gasteiger partial charge in [-0.1, -0.05) is 46.3 Å². The maximum Gasteiger partial charge on any atom is 0.316 e. The minimum atomic E-state index is -0.380. The highest BCUT2D eigenvalue weighted by Crippen LogP contribution is 2.26. The van der Waals surface area contributed by atoms with Crippen molar-refractivity contribution in [3.8, 4) is 0 Å². The Balaban J connectivity index is 1.89. The Hall–Kier alpha value is -1.61. The van der Waals surface area contributed by atoms with Gasteiger partial charge in [0.1, 0.15) is 0 Å². The zero-order valence-electron chi connectivity index (χ0n) is 13.0. The van der Waals surface area contributed by atoms with Gasteiger partial charge in [-0.25, -0.2) is 0 Å². The molecule has 1 aromatic carbocycles. The summed E-state index contributed by atoms with van der Waals surface area (Å²) in [6.07, 6.45) is 2.88. The second kappa shape index (κ2) is 9.76. The van der Waals surface area contributed by atoms with Crippen molar-refractivity contribution in [3.05, 3.63) is 39.9 Å². The third kappa shape index (κ3) is 6.66. The molecule has 0 aliphatic heterocycles. The molecule has 1 N–H and O–H groups in total. The van der Waals surface area contributed by atoms with Crippen molar-refractivity contribution < 1.29 is 14.3 Å². The molecule has 0 aliphatic carbocycles. The first-order valence-electron chi connectivity index (χ1n) is 7.04. The molecule has 25 heavy (non-hydrogen) atoms. The summed E-state index contributed by atoms with van der Waals surface area (Å²) in [6.45, 7) is 2.07. The van der Waals surface area contributed by atoms with E-state index in [4.69, 9.17) is 27.9 Å². The summed E-state index contributed by atoms with van der Waals surface area (Å²) in [5, 5.41) is 11.7. The van der Waals surface area contributed by atoms with Crippen LogP contribution in [0.3, 0.4) is 0 Å². The molecule has 0 bridgehead atoms. The molecule has 1 amide bonds. The van der Waals surface area contributed by atoms with Crippen LogP contribution in [0.25, 0.3) is 6.08 Å². The summed E-state index contributed by atoms with van der Waals surface area (Å²) < 4.78 is 5.38. The molecule has 1 aromatic heterocycles. The Morgan fingerprint density at radius 2 is 2.16 bits per heavy atom. The number of carbonyl (C=O) groups is 2. The molecular weight excluding hydrogens is 405 g/mol. The fraction of sp³-hybridized carbons (Fsp3) is 0.200. The van der Waals surface area contributed by atoms with Gasteiger partial charge in [0.25, 0.3) is 0 Å². The minimum Gasteiger partial charge on any atom is -0.465 e. The average Bonchev–Trinajstić information content (AvgIpc) is 3.01. The lowest BCUT2D eigenvalue weighted by atomic mass is 10.2. The lowest BCUT2D eigenvalue weighted by Crippen LogP contribution is -2.07. The standard InChI is InChI=1S/C15H13Cl2N3O3S2/c1-2-23-13(22)8-24-15-20-19-14(25-15)18-12(21)6-3-9-7-10(16)4-5-11(9)17/h3-7H,2,8H2,1H3,(H,18,19,21)/b6-3+. The smallest absolute Gasteiger partial charge is 0.316 e. The molecule has 0 radical (unpaired) electrons. The fourth-order valence-electron chi connectivity index (χ4n) is 1.60. The molecular formula is C15H13Cl2N3O3S2. The Bertz CT molecular complexity index is 796. The Morgan fingerprint density at radius 3 is 2.92 bits per heavy atom. The van der Waals surface area contributed by atoms with E-state index < -0.39 is 0 Å². The Labute approximate surface area is 162 Å². The SMILES string of the molecule is CCOC(=O)CSc1nnc(NC(=O)/C=C/c2cc(Cl)ccc2Cl)s1. The normalized spacial score (nSPS) is 10.8. The number of anilines is 1. The molecule has 0 unspecified atom stereocenters. The predicted molar refractivity (Wildman–Crippen MR) is 101 cm³/mol. The van der Waals surface area contributed by atoms with Gasteiger partial charge < -0.3 is 4.74 Å². The van der Waals surface area contributed by atoms with Gasteiger partial charge >= 0.3 is 5.97 Å². The van der Waals surface area contributed by atoms with Gasteiger partial charge in [0.05, 0.1) is 12.4 Å². The van der Waals surface area contributed by atoms with Gasteiger partial charge in [-0.3, -0.25) is 14.9 Å². The van der Waals surface area contributed by atoms with Crippen LogP contribution in [-0.4, -0.2) is 34.4 Å². The van der Waals surface area contributed by atoms with Gasteiger partial charge in [0.15, 0.2) is 4.34 Å². The van der Waals surface area contributed by atoms with Crippen LogP contribution in [0.1, 0.15) is 12.5 Å². The summed E-state index contributed by atoms with van der Waals surface area (Å²) >= 11 is 14.3. The molecule has 0 fully saturated rings. The van der Waals surface area contributed by atoms with Crippen molar-refractivity contribution in [1.82, 2.24) is 10.2 Å². The van der Waals surface area contributed by atoms with Crippen molar-refractivity contribution in [2.24, 2.45) is 0 Å². The largest absolute Gasteiger partial charge is 0.465 e. The maximum atomic E-state index is 11.9. The number of thioether (sulfide) groups is 1. The van der Waals surface area contributed by atoms with Crippen LogP contribution in [0.4, 0.5) is 5.13 Å². The second-order valence-corrected chi connectivity index (χ2v) is 7.50. The fourth-order valence-corrected chi connectivity index (χ4v) is 3.51. The zero-order chi connectivity index (χ0) is 18.2. The molecule has 2 rings (SSSR count). The minimum absolute atomic E-state index is 0.142. The van der Waals surface area contributed by atoms with Gasteiger partial charge in [-0.05, 0) is 36.8 Å². The van der Waals surface area contributed by atoms with Crippen molar-refractivity contribution in [2.75, 3.05) is 17.7 Å². The number of nitrogens with zero attached hydrogens (tertiary/aromatic N) is 2. The molecule has 6 nitrogen and oxygen atoms in total. The van der Waals surface area contributed by atoms with Crippen LogP contribution in [0.15, 0.2) is 28.6 Å². The van der Waals surface area contributed by atoms with Gasteiger partial charge in [-0.2, -0.15) is 0 Å². The number of carbonyl (C=O) groups excluding carboxylic acids is 2. The Morgan fingerprint density at radius 1 is 1.36 bits per heavy atom. The quantitative estimate of drug-likeness (QED) is 0.315. The van der Waals surface area contributed by atoms with E-state index in [1.54, 1.807) is 31.2 Å². The van der Waals surface area contributed by atoms with Crippen LogP contribution >= 0.6 is 46.3 Å². The van der Waals surface area contributed by atoms with Crippen molar-refractivity contribution in [2.45, 2.75) is 11.3 Å². The highest BCUT2D eigenvalue weighted by Gasteiger charge is 2.10. The molecule has 0 atom stereocenters. The summed E-state index contributed by atoms with van der Waals surface area (Å²) in [5.41, 5.74) is 0.632. The van der Waals surface area contributed by atoms with Gasteiger partial charge in [0.2, 0.25) is 11.0 Å². The number of hydrogen-bond donors (Lipinski definition) is 1. The van der Waals surface area contributed by atoms with E-state index in [-0.39, 0.29) is 17.6 Å². The number of benzene rings is 1. The van der Waals surface area contributed by atoms with Crippen LogP contribution < -0.4 is 5.32 Å². The van der Waals surface area contributed by atoms with Crippen LogP contribution in [0.5, 0.6) is 0 Å². The second-order valence-electron chi connectivity index (χ2n) is 4.46. The topological polar surface area (TPSA) is 81.2 Å². The number of hydrogen-bond acceptors (Lipinski definition) is 7. The molecule has 1 heterocycles. The van der Waals surface area contributed by atoms with E-state index in [1.807, 2.05) is 0 Å². The maximum absolute atomic E-state index is 11.9. The van der Waals surface area contributed by atoms with Gasteiger partial charge in [0, 0.05) is 16.1 Å². The predicted octanol–water partition coefficient (Wildman–Crippen LogP) is 4.15. The molecule has 132 valence electrons. The summed E-state index contributed by atoms with van der Waals surface area (Å²) in [4.78, 5) is 23.2. The van der Waals surface area contributed by atoms with Crippen LogP contribution in [0, 0.1) is 0 Å². The van der Waals surface area contributed by atoms with Crippen molar-refractivity contribution in [1.29, 1.82) is 0 Å². The average molecular weight is 418 g/mol. The van der Waals surface area contributed by atoms with E-state index in [0.29, 0.717) is 31.7 Å². The van der Waals surface area contributed by atoms with E-state index in [9.17, 15) is 9.59 Å². The van der Waals surface area contributed by atoms with E-state index >= 15 is 0 Å². The van der Waals surface area contributed by atoms with Gasteiger partial charge in [-0.15, -0.1) is 10.2 Å². The third-order valence-electron chi connectivity index (χ3n) is 2.63. The molecule has 0 saturated heterocycles. The highest BCUT2D eigenvalue weighted by atomic mass is 35.5. The Kier molecular flexibility index (Phi) is 7.70. The number of ether oxygens (including phenoxy) is 1. The molecule has 0 spiro atoms. The molecule has 0 saturated carbocycles. The number of aromatic nitrogens is 2. The van der Waals surface area contributed by atoms with E-state index in [1.165, 1.54) is 29.2 Å². The van der Waals surface area contributed by atoms with Crippen LogP contribution in [0.2, 0.25) is 10.0 Å². The molecule has 2 aromatic rings. The zero-order valence-corrected chi connectivity index (χ0v) is 16.1. The van der Waals surface area contributed by atoms with E-state index in [0.717, 1.165) is 0 Å². The lowest BCUT2D eigenvalue weighted by molar-refractivity contribution is -0.139. The molecule has 0 aliphatic rings. The number of amides is 1. The number of esters is 1. The first kappa shape index (κ1) is 19.7. The monoisotopic (exact) mass is 417 g/mol. The van der Waals surface area contributed by atoms with Crippen LogP contribution in [-0.2, 0) is 14.3 Å². The van der Waals surface area contributed by atoms with Crippen molar-refractivity contribution in [3.63, 3.8) is 0 Å². The lowest BCUT2D eigenvalue weighted by Gasteiger charge is -1.99. The number of rotatable bonds is 7. The molecule has 10 heteroatoms. The third-order valence-corrected chi connectivity index (χ3v) is 5.15.